The van der Waals surface area contributed by atoms with E-state index in [-0.39, 0.29) is 29.9 Å². The van der Waals surface area contributed by atoms with Crippen LogP contribution in [0.4, 0.5) is 21.7 Å². The van der Waals surface area contributed by atoms with Crippen LogP contribution in [0.15, 0.2) is 36.4 Å². The average molecular weight is 311 g/mol. The highest BCUT2D eigenvalue weighted by Gasteiger charge is 2.04. The van der Waals surface area contributed by atoms with Crippen LogP contribution in [0.5, 0.6) is 0 Å². The molecule has 1 heterocycles. The maximum Gasteiger partial charge on any atom is 0.221 e. The standard InChI is InChI=1S/C14H15FN4O.ClH/c1-9(20)18-12-6-7-13(19-14(12)16)17-8-10-2-4-11(15)5-3-10;/h2-7H,8H2,1H3,(H,18,20)(H3,16,17,19);1H. The number of nitrogens with two attached hydrogens (primary N) is 1. The molecule has 0 spiro atoms. The minimum atomic E-state index is -0.268. The van der Waals surface area contributed by atoms with Crippen LogP contribution in [0.2, 0.25) is 0 Å². The van der Waals surface area contributed by atoms with Crippen LogP contribution in [-0.4, -0.2) is 10.9 Å². The van der Waals surface area contributed by atoms with Crippen LogP contribution in [0.3, 0.4) is 0 Å². The monoisotopic (exact) mass is 310 g/mol. The second kappa shape index (κ2) is 7.44. The van der Waals surface area contributed by atoms with E-state index in [0.717, 1.165) is 5.56 Å². The first-order valence-electron chi connectivity index (χ1n) is 6.07. The molecule has 2 rings (SSSR count). The molecule has 2 aromatic rings. The number of aromatic nitrogens is 1. The van der Waals surface area contributed by atoms with Crippen LogP contribution in [0.1, 0.15) is 12.5 Å². The average Bonchev–Trinajstić information content (AvgIpc) is 2.40. The molecule has 7 heteroatoms. The second-order valence-corrected chi connectivity index (χ2v) is 4.29. The molecule has 0 radical (unpaired) electrons. The molecule has 1 aromatic carbocycles. The van der Waals surface area contributed by atoms with Gasteiger partial charge in [-0.25, -0.2) is 9.37 Å². The minimum Gasteiger partial charge on any atom is -0.382 e. The van der Waals surface area contributed by atoms with Crippen molar-refractivity contribution >= 4 is 35.6 Å². The Balaban J connectivity index is 0.00000220. The second-order valence-electron chi connectivity index (χ2n) is 4.29. The lowest BCUT2D eigenvalue weighted by Gasteiger charge is -2.09. The summed E-state index contributed by atoms with van der Waals surface area (Å²) in [5.41, 5.74) is 7.15. The molecule has 4 N–H and O–H groups in total. The first-order valence-corrected chi connectivity index (χ1v) is 6.07. The highest BCUT2D eigenvalue weighted by molar-refractivity contribution is 5.91. The number of pyridine rings is 1. The van der Waals surface area contributed by atoms with E-state index in [2.05, 4.69) is 15.6 Å². The molecule has 0 unspecified atom stereocenters. The largest absolute Gasteiger partial charge is 0.382 e. The molecule has 0 fully saturated rings. The highest BCUT2D eigenvalue weighted by atomic mass is 35.5. The number of hydrogen-bond acceptors (Lipinski definition) is 4. The molecule has 0 atom stereocenters. The van der Waals surface area contributed by atoms with Crippen molar-refractivity contribution in [3.05, 3.63) is 47.8 Å². The highest BCUT2D eigenvalue weighted by Crippen LogP contribution is 2.19. The van der Waals surface area contributed by atoms with Crippen molar-refractivity contribution in [2.24, 2.45) is 0 Å². The molecule has 0 aliphatic heterocycles. The van der Waals surface area contributed by atoms with Gasteiger partial charge in [-0.1, -0.05) is 12.1 Å². The summed E-state index contributed by atoms with van der Waals surface area (Å²) in [6, 6.07) is 9.58. The predicted octanol–water partition coefficient (Wildman–Crippen LogP) is 2.80. The molecule has 112 valence electrons. The van der Waals surface area contributed by atoms with Gasteiger partial charge in [0, 0.05) is 13.5 Å². The summed E-state index contributed by atoms with van der Waals surface area (Å²) >= 11 is 0. The number of hydrogen-bond donors (Lipinski definition) is 3. The lowest BCUT2D eigenvalue weighted by molar-refractivity contribution is -0.114. The number of benzene rings is 1. The number of carbonyl (C=O) groups excluding carboxylic acids is 1. The zero-order chi connectivity index (χ0) is 14.5. The van der Waals surface area contributed by atoms with Gasteiger partial charge in [0.1, 0.15) is 17.5 Å². The topological polar surface area (TPSA) is 80.0 Å². The van der Waals surface area contributed by atoms with E-state index < -0.39 is 0 Å². The molecular formula is C14H16ClFN4O. The molecule has 0 saturated heterocycles. The summed E-state index contributed by atoms with van der Waals surface area (Å²) in [6.45, 7) is 1.91. The fourth-order valence-corrected chi connectivity index (χ4v) is 1.66. The van der Waals surface area contributed by atoms with Crippen LogP contribution in [0, 0.1) is 5.82 Å². The van der Waals surface area contributed by atoms with Crippen LogP contribution < -0.4 is 16.4 Å². The zero-order valence-corrected chi connectivity index (χ0v) is 12.2. The third-order valence-corrected chi connectivity index (χ3v) is 2.62. The summed E-state index contributed by atoms with van der Waals surface area (Å²) in [5.74, 6) is 0.353. The molecule has 5 nitrogen and oxygen atoms in total. The number of anilines is 3. The van der Waals surface area contributed by atoms with Gasteiger partial charge in [0.15, 0.2) is 0 Å². The molecule has 0 aliphatic rings. The van der Waals surface area contributed by atoms with E-state index >= 15 is 0 Å². The predicted molar refractivity (Wildman–Crippen MR) is 83.9 cm³/mol. The van der Waals surface area contributed by atoms with Crippen molar-refractivity contribution in [2.75, 3.05) is 16.4 Å². The molecule has 0 bridgehead atoms. The first kappa shape index (κ1) is 16.7. The Hall–Kier alpha value is -2.34. The van der Waals surface area contributed by atoms with Gasteiger partial charge < -0.3 is 16.4 Å². The Morgan fingerprint density at radius 2 is 1.90 bits per heavy atom. The van der Waals surface area contributed by atoms with Gasteiger partial charge in [0.2, 0.25) is 5.91 Å². The van der Waals surface area contributed by atoms with Crippen molar-refractivity contribution in [3.63, 3.8) is 0 Å². The fraction of sp³-hybridized carbons (Fsp3) is 0.143. The van der Waals surface area contributed by atoms with E-state index in [1.807, 2.05) is 0 Å². The van der Waals surface area contributed by atoms with Crippen molar-refractivity contribution < 1.29 is 9.18 Å². The van der Waals surface area contributed by atoms with Gasteiger partial charge in [-0.3, -0.25) is 4.79 Å². The maximum absolute atomic E-state index is 12.8. The van der Waals surface area contributed by atoms with Crippen molar-refractivity contribution in [1.82, 2.24) is 4.98 Å². The molecule has 0 aliphatic carbocycles. The molecule has 21 heavy (non-hydrogen) atoms. The number of nitrogens with zero attached hydrogens (tertiary/aromatic N) is 1. The normalized spacial score (nSPS) is 9.62. The fourth-order valence-electron chi connectivity index (χ4n) is 1.66. The van der Waals surface area contributed by atoms with E-state index in [1.165, 1.54) is 19.1 Å². The van der Waals surface area contributed by atoms with Gasteiger partial charge in [-0.2, -0.15) is 0 Å². The maximum atomic E-state index is 12.8. The number of carbonyl (C=O) groups is 1. The number of rotatable bonds is 4. The Morgan fingerprint density at radius 3 is 2.48 bits per heavy atom. The lowest BCUT2D eigenvalue weighted by atomic mass is 10.2. The summed E-state index contributed by atoms with van der Waals surface area (Å²) in [7, 11) is 0. The van der Waals surface area contributed by atoms with Crippen molar-refractivity contribution in [1.29, 1.82) is 0 Å². The molecule has 1 aromatic heterocycles. The van der Waals surface area contributed by atoms with E-state index in [0.29, 0.717) is 18.1 Å². The van der Waals surface area contributed by atoms with Crippen LogP contribution in [-0.2, 0) is 11.3 Å². The van der Waals surface area contributed by atoms with Gasteiger partial charge in [0.05, 0.1) is 5.69 Å². The smallest absolute Gasteiger partial charge is 0.221 e. The van der Waals surface area contributed by atoms with E-state index in [9.17, 15) is 9.18 Å². The SMILES string of the molecule is CC(=O)Nc1ccc(NCc2ccc(F)cc2)nc1N.Cl. The van der Waals surface area contributed by atoms with Crippen molar-refractivity contribution in [2.45, 2.75) is 13.5 Å². The molecule has 0 saturated carbocycles. The van der Waals surface area contributed by atoms with Gasteiger partial charge >= 0.3 is 0 Å². The Morgan fingerprint density at radius 1 is 1.24 bits per heavy atom. The first-order chi connectivity index (χ1) is 9.54. The van der Waals surface area contributed by atoms with E-state index in [1.54, 1.807) is 24.3 Å². The summed E-state index contributed by atoms with van der Waals surface area (Å²) in [6.07, 6.45) is 0. The Labute approximate surface area is 128 Å². The van der Waals surface area contributed by atoms with Gasteiger partial charge in [-0.05, 0) is 29.8 Å². The number of halogens is 2. The zero-order valence-electron chi connectivity index (χ0n) is 11.4. The third-order valence-electron chi connectivity index (χ3n) is 2.62. The minimum absolute atomic E-state index is 0. The Bertz CT molecular complexity index is 619. The summed E-state index contributed by atoms with van der Waals surface area (Å²) in [5, 5.41) is 5.66. The lowest BCUT2D eigenvalue weighted by Crippen LogP contribution is -2.10. The molecule has 1 amide bonds. The van der Waals surface area contributed by atoms with Gasteiger partial charge in [0.25, 0.3) is 0 Å². The quantitative estimate of drug-likeness (QED) is 0.811. The van der Waals surface area contributed by atoms with Crippen LogP contribution >= 0.6 is 12.4 Å². The number of amides is 1. The summed E-state index contributed by atoms with van der Waals surface area (Å²) in [4.78, 5) is 15.1. The van der Waals surface area contributed by atoms with E-state index in [4.69, 9.17) is 5.73 Å². The van der Waals surface area contributed by atoms with Crippen molar-refractivity contribution in [3.8, 4) is 0 Å². The summed E-state index contributed by atoms with van der Waals surface area (Å²) < 4.78 is 12.8. The van der Waals surface area contributed by atoms with Crippen LogP contribution in [0.25, 0.3) is 0 Å². The Kier molecular flexibility index (Phi) is 5.92. The third kappa shape index (κ3) is 4.92. The van der Waals surface area contributed by atoms with Gasteiger partial charge in [-0.15, -0.1) is 12.4 Å². The number of nitrogen functional groups attached to an aromatic ring is 1. The number of nitrogens with one attached hydrogen (secondary N) is 2. The molecular weight excluding hydrogens is 295 g/mol.